The van der Waals surface area contributed by atoms with E-state index in [0.717, 1.165) is 20.8 Å². The predicted molar refractivity (Wildman–Crippen MR) is 265 cm³/mol. The van der Waals surface area contributed by atoms with E-state index >= 15 is 0 Å². The maximum absolute atomic E-state index is 12.7. The van der Waals surface area contributed by atoms with Gasteiger partial charge in [0.05, 0.1) is 45.7 Å². The van der Waals surface area contributed by atoms with Gasteiger partial charge in [0, 0.05) is 20.8 Å². The van der Waals surface area contributed by atoms with E-state index in [1.165, 1.54) is 6.92 Å². The molecule has 498 valence electrons. The third-order valence-corrected chi connectivity index (χ3v) is 15.7. The molecule has 0 aromatic rings. The number of aliphatic hydroxyl groups excluding tert-OH is 19. The first-order valence-corrected chi connectivity index (χ1v) is 27.5. The molecule has 22 N–H and O–H groups in total. The van der Waals surface area contributed by atoms with E-state index in [2.05, 4.69) is 16.0 Å². The number of rotatable bonds is 21. The lowest BCUT2D eigenvalue weighted by Crippen LogP contribution is -2.71. The third kappa shape index (κ3) is 15.2. The highest BCUT2D eigenvalue weighted by Crippen LogP contribution is 2.38. The minimum Gasteiger partial charge on any atom is -0.394 e. The Morgan fingerprint density at radius 2 is 0.616 bits per heavy atom. The molecule has 0 aromatic carbocycles. The third-order valence-electron chi connectivity index (χ3n) is 15.7. The van der Waals surface area contributed by atoms with Crippen LogP contribution < -0.4 is 16.0 Å². The molecule has 38 heteroatoms. The minimum atomic E-state index is -2.28. The second-order valence-corrected chi connectivity index (χ2v) is 21.8. The van der Waals surface area contributed by atoms with E-state index in [1.54, 1.807) is 0 Å². The lowest BCUT2D eigenvalue weighted by Gasteiger charge is -2.51. The van der Waals surface area contributed by atoms with Crippen LogP contribution >= 0.6 is 0 Å². The van der Waals surface area contributed by atoms with Gasteiger partial charge < -0.3 is 175 Å². The van der Waals surface area contributed by atoms with Crippen LogP contribution in [0.2, 0.25) is 0 Å². The van der Waals surface area contributed by atoms with Gasteiger partial charge in [-0.15, -0.1) is 0 Å². The number of hydrogen-bond acceptors (Lipinski definition) is 35. The van der Waals surface area contributed by atoms with Gasteiger partial charge in [0.2, 0.25) is 17.7 Å². The Morgan fingerprint density at radius 1 is 0.302 bits per heavy atom. The van der Waals surface area contributed by atoms with Gasteiger partial charge in [-0.3, -0.25) is 14.4 Å². The Bertz CT molecular complexity index is 2170. The first kappa shape index (κ1) is 70.6. The molecule has 0 aliphatic carbocycles. The fourth-order valence-corrected chi connectivity index (χ4v) is 11.1. The molecule has 7 saturated heterocycles. The van der Waals surface area contributed by atoms with Crippen molar-refractivity contribution in [2.24, 2.45) is 0 Å². The van der Waals surface area contributed by atoms with Crippen LogP contribution in [0.25, 0.3) is 0 Å². The molecular weight excluding hydrogens is 1180 g/mol. The highest BCUT2D eigenvalue weighted by Gasteiger charge is 2.59. The van der Waals surface area contributed by atoms with E-state index in [1.807, 2.05) is 0 Å². The molecule has 7 rings (SSSR count). The van der Waals surface area contributed by atoms with Gasteiger partial charge in [-0.1, -0.05) is 0 Å². The van der Waals surface area contributed by atoms with Gasteiger partial charge in [0.25, 0.3) is 0 Å². The van der Waals surface area contributed by atoms with E-state index in [4.69, 9.17) is 61.6 Å². The van der Waals surface area contributed by atoms with Crippen LogP contribution in [0.15, 0.2) is 0 Å². The number of hydrogen-bond donors (Lipinski definition) is 22. The number of carbonyl (C=O) groups is 3. The van der Waals surface area contributed by atoms with Crippen molar-refractivity contribution in [2.45, 2.75) is 242 Å². The lowest BCUT2D eigenvalue weighted by molar-refractivity contribution is -0.392. The summed E-state index contributed by atoms with van der Waals surface area (Å²) in [4.78, 5) is 37.4. The van der Waals surface area contributed by atoms with Crippen LogP contribution in [-0.2, 0) is 76.0 Å². The Hall–Kier alpha value is -2.87. The van der Waals surface area contributed by atoms with E-state index < -0.39 is 272 Å². The zero-order valence-electron chi connectivity index (χ0n) is 46.5. The molecule has 38 nitrogen and oxygen atoms in total. The first-order valence-electron chi connectivity index (χ1n) is 27.5. The van der Waals surface area contributed by atoms with Crippen LogP contribution in [0.1, 0.15) is 27.7 Å². The maximum Gasteiger partial charge on any atom is 0.217 e. The Kier molecular flexibility index (Phi) is 25.0. The molecular formula is C48H81N3O35. The van der Waals surface area contributed by atoms with Crippen LogP contribution in [-0.4, -0.2) is 369 Å². The predicted octanol–water partition coefficient (Wildman–Crippen LogP) is -14.8. The summed E-state index contributed by atoms with van der Waals surface area (Å²) in [6.45, 7) is -1.76. The van der Waals surface area contributed by atoms with Crippen molar-refractivity contribution in [3.05, 3.63) is 0 Å². The van der Waals surface area contributed by atoms with Crippen LogP contribution in [0, 0.1) is 0 Å². The second kappa shape index (κ2) is 30.5. The van der Waals surface area contributed by atoms with Crippen molar-refractivity contribution in [3.8, 4) is 0 Å². The summed E-state index contributed by atoms with van der Waals surface area (Å²) in [7, 11) is 0. The van der Waals surface area contributed by atoms with Crippen LogP contribution in [0.3, 0.4) is 0 Å². The number of nitrogens with one attached hydrogen (secondary N) is 3. The fourth-order valence-electron chi connectivity index (χ4n) is 11.1. The molecule has 7 heterocycles. The molecule has 7 fully saturated rings. The minimum absolute atomic E-state index is 0.724. The molecule has 3 amide bonds. The van der Waals surface area contributed by atoms with E-state index in [-0.39, 0.29) is 0 Å². The summed E-state index contributed by atoms with van der Waals surface area (Å²) in [5.41, 5.74) is 0. The molecule has 0 spiro atoms. The zero-order valence-corrected chi connectivity index (χ0v) is 46.5. The SMILES string of the molecule is CC(=O)N[C@H]1[C@H](O[C@H]2[C@@H](O)[C@@H](CO)O[C@@H](O[C@H]3[C@H](O)[C@@H](NC(C)=O)C(O)O[C@@H]3CO)[C@@H]2O)O[C@H](CO)[C@@H](O[C@@H]2O[C@H](CO)[C@H](O)[C@H](O[C@@H]3O[C@H](CO)[C@@H](O[C@@H]4O[C@H](CO)[C@H](O)[C@H](O)[C@H]4O[C@@H]4O[C@@H](C)[C@@H](O)[C@@H](O)[C@@H]4O)[C@H](O)[C@H]3NC(C)=O)[C@H]2O)[C@@H]1O. The first-order chi connectivity index (χ1) is 40.6. The molecule has 1 unspecified atom stereocenters. The summed E-state index contributed by atoms with van der Waals surface area (Å²) in [5, 5.41) is 214. The van der Waals surface area contributed by atoms with Gasteiger partial charge in [0.1, 0.15) is 165 Å². The lowest BCUT2D eigenvalue weighted by atomic mass is 9.93. The fraction of sp³-hybridized carbons (Fsp3) is 0.938. The summed E-state index contributed by atoms with van der Waals surface area (Å²) in [6, 6.07) is -5.23. The van der Waals surface area contributed by atoms with Gasteiger partial charge >= 0.3 is 0 Å². The monoisotopic (exact) mass is 1260 g/mol. The zero-order chi connectivity index (χ0) is 63.5. The number of carbonyl (C=O) groups excluding carboxylic acids is 3. The summed E-state index contributed by atoms with van der Waals surface area (Å²) in [6.07, 6.45) is -60.8. The van der Waals surface area contributed by atoms with Crippen molar-refractivity contribution in [2.75, 3.05) is 39.6 Å². The van der Waals surface area contributed by atoms with Crippen molar-refractivity contribution in [1.29, 1.82) is 0 Å². The van der Waals surface area contributed by atoms with Gasteiger partial charge in [-0.25, -0.2) is 0 Å². The van der Waals surface area contributed by atoms with Crippen molar-refractivity contribution in [3.63, 3.8) is 0 Å². The summed E-state index contributed by atoms with van der Waals surface area (Å²) < 4.78 is 75.2. The maximum atomic E-state index is 12.7. The normalized spacial score (nSPS) is 49.4. The quantitative estimate of drug-likeness (QED) is 0.0507. The molecule has 0 radical (unpaired) electrons. The van der Waals surface area contributed by atoms with Crippen molar-refractivity contribution < 1.29 is 173 Å². The molecule has 0 aromatic heterocycles. The van der Waals surface area contributed by atoms with Gasteiger partial charge in [-0.2, -0.15) is 0 Å². The van der Waals surface area contributed by atoms with Crippen molar-refractivity contribution in [1.82, 2.24) is 16.0 Å². The van der Waals surface area contributed by atoms with Crippen LogP contribution in [0.4, 0.5) is 0 Å². The molecule has 7 aliphatic heterocycles. The Labute approximate surface area is 488 Å². The number of aliphatic hydroxyl groups is 19. The number of ether oxygens (including phenoxy) is 13. The average molecular weight is 1260 g/mol. The highest BCUT2D eigenvalue weighted by atomic mass is 16.8. The smallest absolute Gasteiger partial charge is 0.217 e. The molecule has 0 bridgehead atoms. The molecule has 7 aliphatic rings. The van der Waals surface area contributed by atoms with Gasteiger partial charge in [-0.05, 0) is 6.92 Å². The van der Waals surface area contributed by atoms with Crippen molar-refractivity contribution >= 4 is 17.7 Å². The number of amides is 3. The Balaban J connectivity index is 1.09. The van der Waals surface area contributed by atoms with E-state index in [9.17, 15) is 111 Å². The van der Waals surface area contributed by atoms with Crippen LogP contribution in [0.5, 0.6) is 0 Å². The largest absolute Gasteiger partial charge is 0.394 e. The summed E-state index contributed by atoms with van der Waals surface area (Å²) in [5.74, 6) is -2.49. The average Bonchev–Trinajstić information content (AvgIpc) is 1.32. The van der Waals surface area contributed by atoms with Gasteiger partial charge in [0.15, 0.2) is 44.0 Å². The Morgan fingerprint density at radius 3 is 1.02 bits per heavy atom. The summed E-state index contributed by atoms with van der Waals surface area (Å²) >= 11 is 0. The molecule has 35 atom stereocenters. The standard InChI is InChI=1S/C48H81N3O35/c1-11-24(61)31(68)33(70)45(74-11)86-41-32(69)25(62)15(5-52)78-48(41)83-38-20(10-57)80-44(23(30(38)67)51-14(4)60)85-40-27(64)17(7-54)77-47(35(40)72)82-37-19(9-56)79-43(22(29(37)66)50-13(3)59)84-39-26(63)16(6-53)76-46(34(39)71)81-36-18(8-55)75-42(73)21(28(36)65)49-12(2)58/h11,15-48,52-57,61-73H,5-10H2,1-4H3,(H,49,58)(H,50,59)(H,51,60)/t11-,15+,16+,17+,18+,19+,20+,21+,22+,23+,24+,25-,26-,27-,28+,29+,30+,31+,32-,33-,34+,35+,36+,37+,38+,39-,40-,41+,42?,43-,44-,45-,46-,47-,48-/m0/s1. The highest BCUT2D eigenvalue weighted by molar-refractivity contribution is 5.74. The molecule has 86 heavy (non-hydrogen) atoms. The van der Waals surface area contributed by atoms with E-state index in [0.29, 0.717) is 0 Å². The second-order valence-electron chi connectivity index (χ2n) is 21.8. The topological polar surface area (TPSA) is 592 Å². The molecule has 0 saturated carbocycles.